The SMILES string of the molecule is CN(C)CCn1cc(S(=O)(=O)c2c(Cl)cccc2Cl)c2cccnc21. The summed E-state index contributed by atoms with van der Waals surface area (Å²) in [6.45, 7) is 1.37. The first kappa shape index (κ1) is 18.2. The molecule has 0 N–H and O–H groups in total. The van der Waals surface area contributed by atoms with Gasteiger partial charge in [0.05, 0.1) is 14.9 Å². The summed E-state index contributed by atoms with van der Waals surface area (Å²) in [6.07, 6.45) is 3.25. The Morgan fingerprint density at radius 2 is 1.80 bits per heavy atom. The van der Waals surface area contributed by atoms with Gasteiger partial charge in [-0.3, -0.25) is 0 Å². The van der Waals surface area contributed by atoms with E-state index in [1.807, 2.05) is 23.6 Å². The molecule has 3 aromatic rings. The van der Waals surface area contributed by atoms with Crippen molar-refractivity contribution in [1.82, 2.24) is 14.5 Å². The van der Waals surface area contributed by atoms with Gasteiger partial charge in [0.25, 0.3) is 0 Å². The molecule has 0 aliphatic heterocycles. The average molecular weight is 398 g/mol. The van der Waals surface area contributed by atoms with Crippen LogP contribution in [-0.2, 0) is 16.4 Å². The number of benzene rings is 1. The first-order valence-electron chi connectivity index (χ1n) is 7.60. The van der Waals surface area contributed by atoms with Crippen molar-refractivity contribution in [2.45, 2.75) is 16.3 Å². The molecule has 0 spiro atoms. The van der Waals surface area contributed by atoms with Crippen LogP contribution >= 0.6 is 23.2 Å². The Labute approximate surface area is 156 Å². The number of hydrogen-bond acceptors (Lipinski definition) is 4. The molecule has 0 saturated carbocycles. The van der Waals surface area contributed by atoms with Crippen LogP contribution in [0.4, 0.5) is 0 Å². The van der Waals surface area contributed by atoms with Crippen molar-refractivity contribution in [3.05, 3.63) is 52.8 Å². The molecule has 2 heterocycles. The minimum Gasteiger partial charge on any atom is -0.330 e. The molecule has 25 heavy (non-hydrogen) atoms. The van der Waals surface area contributed by atoms with Crippen LogP contribution in [0, 0.1) is 0 Å². The summed E-state index contributed by atoms with van der Waals surface area (Å²) in [7, 11) is 0.0343. The molecule has 0 atom stereocenters. The van der Waals surface area contributed by atoms with Gasteiger partial charge in [-0.1, -0.05) is 29.3 Å². The summed E-state index contributed by atoms with van der Waals surface area (Å²) in [5.74, 6) is 0. The van der Waals surface area contributed by atoms with Gasteiger partial charge >= 0.3 is 0 Å². The topological polar surface area (TPSA) is 55.2 Å². The summed E-state index contributed by atoms with van der Waals surface area (Å²) < 4.78 is 28.3. The molecule has 0 bridgehead atoms. The Bertz CT molecular complexity index is 1010. The summed E-state index contributed by atoms with van der Waals surface area (Å²) in [6, 6.07) is 8.11. The third-order valence-electron chi connectivity index (χ3n) is 3.86. The zero-order valence-electron chi connectivity index (χ0n) is 13.8. The number of halogens is 2. The van der Waals surface area contributed by atoms with Crippen molar-refractivity contribution >= 4 is 44.1 Å². The van der Waals surface area contributed by atoms with Crippen molar-refractivity contribution in [3.8, 4) is 0 Å². The number of nitrogens with zero attached hydrogens (tertiary/aromatic N) is 3. The fourth-order valence-electron chi connectivity index (χ4n) is 2.63. The molecule has 2 aromatic heterocycles. The molecule has 3 rings (SSSR count). The van der Waals surface area contributed by atoms with Crippen LogP contribution in [0.25, 0.3) is 11.0 Å². The summed E-state index contributed by atoms with van der Waals surface area (Å²) in [5, 5.41) is 0.758. The highest BCUT2D eigenvalue weighted by Gasteiger charge is 2.28. The number of pyridine rings is 1. The highest BCUT2D eigenvalue weighted by Crippen LogP contribution is 2.36. The Morgan fingerprint density at radius 1 is 1.12 bits per heavy atom. The molecule has 0 fully saturated rings. The van der Waals surface area contributed by atoms with E-state index >= 15 is 0 Å². The van der Waals surface area contributed by atoms with Crippen LogP contribution in [0.3, 0.4) is 0 Å². The van der Waals surface area contributed by atoms with Gasteiger partial charge < -0.3 is 9.47 Å². The lowest BCUT2D eigenvalue weighted by molar-refractivity contribution is 0.386. The highest BCUT2D eigenvalue weighted by atomic mass is 35.5. The standard InChI is InChI=1S/C17H17Cl2N3O2S/c1-21(2)9-10-22-11-15(12-5-4-8-20-17(12)22)25(23,24)16-13(18)6-3-7-14(16)19/h3-8,11H,9-10H2,1-2H3. The fraction of sp³-hybridized carbons (Fsp3) is 0.235. The van der Waals surface area contributed by atoms with E-state index in [9.17, 15) is 8.42 Å². The molecule has 0 aliphatic rings. The second-order valence-corrected chi connectivity index (χ2v) is 8.59. The molecular formula is C17H17Cl2N3O2S. The molecule has 0 aliphatic carbocycles. The predicted molar refractivity (Wildman–Crippen MR) is 100 cm³/mol. The Morgan fingerprint density at radius 3 is 2.44 bits per heavy atom. The lowest BCUT2D eigenvalue weighted by Crippen LogP contribution is -2.18. The molecular weight excluding hydrogens is 381 g/mol. The quantitative estimate of drug-likeness (QED) is 0.657. The van der Waals surface area contributed by atoms with Crippen molar-refractivity contribution in [3.63, 3.8) is 0 Å². The zero-order valence-corrected chi connectivity index (χ0v) is 16.1. The first-order chi connectivity index (χ1) is 11.8. The minimum atomic E-state index is -3.88. The number of hydrogen-bond donors (Lipinski definition) is 0. The molecule has 0 unspecified atom stereocenters. The summed E-state index contributed by atoms with van der Waals surface area (Å²) in [5.41, 5.74) is 0.617. The third kappa shape index (κ3) is 3.40. The minimum absolute atomic E-state index is 0.0751. The van der Waals surface area contributed by atoms with E-state index in [0.717, 1.165) is 6.54 Å². The lowest BCUT2D eigenvalue weighted by Gasteiger charge is -2.10. The second kappa shape index (κ2) is 6.96. The van der Waals surface area contributed by atoms with Crippen LogP contribution in [-0.4, -0.2) is 43.5 Å². The van der Waals surface area contributed by atoms with Gasteiger partial charge in [0, 0.05) is 30.9 Å². The monoisotopic (exact) mass is 397 g/mol. The third-order valence-corrected chi connectivity index (χ3v) is 6.60. The lowest BCUT2D eigenvalue weighted by atomic mass is 10.3. The number of sulfone groups is 1. The van der Waals surface area contributed by atoms with Crippen molar-refractivity contribution in [1.29, 1.82) is 0 Å². The van der Waals surface area contributed by atoms with Gasteiger partial charge in [0.1, 0.15) is 10.5 Å². The van der Waals surface area contributed by atoms with Crippen LogP contribution < -0.4 is 0 Å². The Kier molecular flexibility index (Phi) is 5.06. The van der Waals surface area contributed by atoms with Crippen LogP contribution in [0.15, 0.2) is 52.5 Å². The maximum atomic E-state index is 13.2. The fourth-order valence-corrected chi connectivity index (χ4v) is 5.22. The summed E-state index contributed by atoms with van der Waals surface area (Å²) in [4.78, 5) is 6.45. The molecule has 1 aromatic carbocycles. The zero-order chi connectivity index (χ0) is 18.2. The van der Waals surface area contributed by atoms with E-state index in [1.54, 1.807) is 30.6 Å². The van der Waals surface area contributed by atoms with E-state index in [4.69, 9.17) is 23.2 Å². The maximum Gasteiger partial charge on any atom is 0.211 e. The number of aromatic nitrogens is 2. The van der Waals surface area contributed by atoms with Crippen LogP contribution in [0.5, 0.6) is 0 Å². The van der Waals surface area contributed by atoms with Gasteiger partial charge in [-0.25, -0.2) is 13.4 Å². The van der Waals surface area contributed by atoms with Crippen molar-refractivity contribution in [2.24, 2.45) is 0 Å². The molecule has 0 saturated heterocycles. The largest absolute Gasteiger partial charge is 0.330 e. The first-order valence-corrected chi connectivity index (χ1v) is 9.84. The van der Waals surface area contributed by atoms with Gasteiger partial charge in [-0.2, -0.15) is 0 Å². The van der Waals surface area contributed by atoms with Gasteiger partial charge in [-0.05, 0) is 38.4 Å². The van der Waals surface area contributed by atoms with E-state index in [1.165, 1.54) is 12.1 Å². The second-order valence-electron chi connectivity index (χ2n) is 5.92. The van der Waals surface area contributed by atoms with Crippen LogP contribution in [0.2, 0.25) is 10.0 Å². The smallest absolute Gasteiger partial charge is 0.211 e. The number of fused-ring (bicyclic) bond motifs is 1. The number of likely N-dealkylation sites (N-methyl/N-ethyl adjacent to an activating group) is 1. The normalized spacial score (nSPS) is 12.2. The average Bonchev–Trinajstić information content (AvgIpc) is 2.92. The maximum absolute atomic E-state index is 13.2. The predicted octanol–water partition coefficient (Wildman–Crippen LogP) is 3.74. The number of rotatable bonds is 5. The Hall–Kier alpha value is -1.60. The van der Waals surface area contributed by atoms with Gasteiger partial charge in [0.15, 0.2) is 0 Å². The summed E-state index contributed by atoms with van der Waals surface area (Å²) >= 11 is 12.3. The van der Waals surface area contributed by atoms with E-state index in [-0.39, 0.29) is 19.8 Å². The van der Waals surface area contributed by atoms with Crippen LogP contribution in [0.1, 0.15) is 0 Å². The van der Waals surface area contributed by atoms with E-state index in [2.05, 4.69) is 4.98 Å². The molecule has 8 heteroatoms. The van der Waals surface area contributed by atoms with Crippen molar-refractivity contribution < 1.29 is 8.42 Å². The highest BCUT2D eigenvalue weighted by molar-refractivity contribution is 7.92. The molecule has 0 radical (unpaired) electrons. The van der Waals surface area contributed by atoms with Gasteiger partial charge in [-0.15, -0.1) is 0 Å². The van der Waals surface area contributed by atoms with Crippen molar-refractivity contribution in [2.75, 3.05) is 20.6 Å². The van der Waals surface area contributed by atoms with E-state index in [0.29, 0.717) is 17.6 Å². The van der Waals surface area contributed by atoms with Gasteiger partial charge in [0.2, 0.25) is 9.84 Å². The van der Waals surface area contributed by atoms with E-state index < -0.39 is 9.84 Å². The Balaban J connectivity index is 2.22. The molecule has 0 amide bonds. The molecule has 132 valence electrons. The molecule has 5 nitrogen and oxygen atoms in total.